The maximum absolute atomic E-state index is 12.0. The van der Waals surface area contributed by atoms with Gasteiger partial charge in [0.1, 0.15) is 5.75 Å². The molecule has 0 bridgehead atoms. The molecule has 100 valence electrons. The van der Waals surface area contributed by atoms with Gasteiger partial charge in [-0.05, 0) is 30.5 Å². The summed E-state index contributed by atoms with van der Waals surface area (Å²) in [7, 11) is 0. The van der Waals surface area contributed by atoms with Crippen LogP contribution in [0.25, 0.3) is 0 Å². The van der Waals surface area contributed by atoms with Crippen molar-refractivity contribution in [1.82, 2.24) is 5.32 Å². The second-order valence-electron chi connectivity index (χ2n) is 4.70. The van der Waals surface area contributed by atoms with E-state index in [0.29, 0.717) is 17.5 Å². The Kier molecular flexibility index (Phi) is 5.44. The summed E-state index contributed by atoms with van der Waals surface area (Å²) in [4.78, 5) is 12.0. The third-order valence-corrected chi connectivity index (χ3v) is 2.90. The van der Waals surface area contributed by atoms with E-state index in [1.165, 1.54) is 18.2 Å². The maximum atomic E-state index is 12.0. The zero-order chi connectivity index (χ0) is 13.7. The molecule has 1 atom stereocenters. The second kappa shape index (κ2) is 6.61. The topological polar surface area (TPSA) is 75.3 Å². The van der Waals surface area contributed by atoms with Crippen LogP contribution >= 0.6 is 11.6 Å². The Morgan fingerprint density at radius 2 is 2.17 bits per heavy atom. The van der Waals surface area contributed by atoms with E-state index >= 15 is 0 Å². The van der Waals surface area contributed by atoms with Crippen LogP contribution in [0.1, 0.15) is 30.6 Å². The molecule has 0 aliphatic rings. The Bertz CT molecular complexity index is 421. The lowest BCUT2D eigenvalue weighted by Crippen LogP contribution is -2.41. The van der Waals surface area contributed by atoms with E-state index in [2.05, 4.69) is 19.2 Å². The van der Waals surface area contributed by atoms with Gasteiger partial charge in [-0.2, -0.15) is 0 Å². The lowest BCUT2D eigenvalue weighted by molar-refractivity contribution is 0.0933. The van der Waals surface area contributed by atoms with Crippen molar-refractivity contribution in [2.75, 3.05) is 6.54 Å². The van der Waals surface area contributed by atoms with Crippen molar-refractivity contribution in [2.45, 2.75) is 26.3 Å². The monoisotopic (exact) mass is 270 g/mol. The zero-order valence-corrected chi connectivity index (χ0v) is 11.4. The van der Waals surface area contributed by atoms with Crippen LogP contribution in [0.3, 0.4) is 0 Å². The van der Waals surface area contributed by atoms with E-state index in [1.54, 1.807) is 0 Å². The van der Waals surface area contributed by atoms with Gasteiger partial charge in [-0.3, -0.25) is 4.79 Å². The first-order chi connectivity index (χ1) is 8.43. The average Bonchev–Trinajstić information content (AvgIpc) is 2.30. The number of phenolic OH excluding ortho intramolecular Hbond substituents is 1. The molecule has 0 radical (unpaired) electrons. The molecule has 0 aromatic heterocycles. The number of aromatic hydroxyl groups is 1. The van der Waals surface area contributed by atoms with E-state index in [4.69, 9.17) is 17.3 Å². The van der Waals surface area contributed by atoms with Gasteiger partial charge in [0.05, 0.1) is 10.6 Å². The van der Waals surface area contributed by atoms with Crippen molar-refractivity contribution in [3.05, 3.63) is 28.8 Å². The van der Waals surface area contributed by atoms with Gasteiger partial charge in [-0.15, -0.1) is 0 Å². The van der Waals surface area contributed by atoms with Gasteiger partial charge in [-0.25, -0.2) is 0 Å². The Balaban J connectivity index is 2.77. The third kappa shape index (κ3) is 4.20. The Morgan fingerprint density at radius 3 is 2.72 bits per heavy atom. The summed E-state index contributed by atoms with van der Waals surface area (Å²) in [6.07, 6.45) is 0.804. The largest absolute Gasteiger partial charge is 0.508 e. The molecule has 0 spiro atoms. The number of benzene rings is 1. The van der Waals surface area contributed by atoms with Gasteiger partial charge >= 0.3 is 0 Å². The predicted molar refractivity (Wildman–Crippen MR) is 72.9 cm³/mol. The summed E-state index contributed by atoms with van der Waals surface area (Å²) in [6.45, 7) is 4.51. The molecule has 5 heteroatoms. The van der Waals surface area contributed by atoms with Crippen LogP contribution < -0.4 is 11.1 Å². The second-order valence-corrected chi connectivity index (χ2v) is 5.11. The van der Waals surface area contributed by atoms with Crippen LogP contribution in [-0.4, -0.2) is 23.6 Å². The van der Waals surface area contributed by atoms with Gasteiger partial charge in [0, 0.05) is 12.6 Å². The number of phenols is 1. The summed E-state index contributed by atoms with van der Waals surface area (Å²) in [5.74, 6) is 0.142. The molecule has 0 aliphatic heterocycles. The first kappa shape index (κ1) is 14.8. The normalized spacial score (nSPS) is 12.5. The molecule has 1 aromatic rings. The third-order valence-electron chi connectivity index (χ3n) is 2.57. The van der Waals surface area contributed by atoms with E-state index in [-0.39, 0.29) is 23.3 Å². The summed E-state index contributed by atoms with van der Waals surface area (Å²) < 4.78 is 0. The standard InChI is InChI=1S/C13H19ClN2O2/c1-8(2)5-9(7-15)16-13(18)11-6-10(17)3-4-12(11)14/h3-4,6,8-9,17H,5,7,15H2,1-2H3,(H,16,18). The Labute approximate surface area is 112 Å². The first-order valence-corrected chi connectivity index (χ1v) is 6.31. The predicted octanol–water partition coefficient (Wildman–Crippen LogP) is 2.15. The molecule has 0 saturated heterocycles. The van der Waals surface area contributed by atoms with E-state index in [9.17, 15) is 9.90 Å². The SMILES string of the molecule is CC(C)CC(CN)NC(=O)c1cc(O)ccc1Cl. The fraction of sp³-hybridized carbons (Fsp3) is 0.462. The van der Waals surface area contributed by atoms with Crippen LogP contribution in [0.4, 0.5) is 0 Å². The molecule has 18 heavy (non-hydrogen) atoms. The number of rotatable bonds is 5. The molecule has 1 rings (SSSR count). The number of hydrogen-bond donors (Lipinski definition) is 3. The van der Waals surface area contributed by atoms with E-state index < -0.39 is 0 Å². The fourth-order valence-electron chi connectivity index (χ4n) is 1.73. The molecule has 0 aliphatic carbocycles. The minimum absolute atomic E-state index is 0.0118. The van der Waals surface area contributed by atoms with Crippen molar-refractivity contribution in [3.8, 4) is 5.75 Å². The zero-order valence-electron chi connectivity index (χ0n) is 10.6. The minimum atomic E-state index is -0.313. The smallest absolute Gasteiger partial charge is 0.253 e. The van der Waals surface area contributed by atoms with Crippen molar-refractivity contribution >= 4 is 17.5 Å². The molecule has 0 fully saturated rings. The molecule has 1 amide bonds. The highest BCUT2D eigenvalue weighted by Gasteiger charge is 2.16. The highest BCUT2D eigenvalue weighted by atomic mass is 35.5. The molecule has 1 aromatic carbocycles. The van der Waals surface area contributed by atoms with Crippen LogP contribution in [0.5, 0.6) is 5.75 Å². The molecular weight excluding hydrogens is 252 g/mol. The van der Waals surface area contributed by atoms with Gasteiger partial charge in [0.15, 0.2) is 0 Å². The number of halogens is 1. The Morgan fingerprint density at radius 1 is 1.50 bits per heavy atom. The van der Waals surface area contributed by atoms with Crippen molar-refractivity contribution in [3.63, 3.8) is 0 Å². The molecule has 0 heterocycles. The highest BCUT2D eigenvalue weighted by Crippen LogP contribution is 2.21. The van der Waals surface area contributed by atoms with Crippen LogP contribution in [0, 0.1) is 5.92 Å². The number of carbonyl (C=O) groups is 1. The van der Waals surface area contributed by atoms with Crippen molar-refractivity contribution < 1.29 is 9.90 Å². The molecule has 4 nitrogen and oxygen atoms in total. The van der Waals surface area contributed by atoms with Gasteiger partial charge in [0.2, 0.25) is 0 Å². The van der Waals surface area contributed by atoms with E-state index in [1.807, 2.05) is 0 Å². The van der Waals surface area contributed by atoms with E-state index in [0.717, 1.165) is 6.42 Å². The first-order valence-electron chi connectivity index (χ1n) is 5.93. The number of nitrogens with one attached hydrogen (secondary N) is 1. The van der Waals surface area contributed by atoms with Crippen LogP contribution in [-0.2, 0) is 0 Å². The number of amides is 1. The average molecular weight is 271 g/mol. The highest BCUT2D eigenvalue weighted by molar-refractivity contribution is 6.33. The van der Waals surface area contributed by atoms with Crippen LogP contribution in [0.2, 0.25) is 5.02 Å². The fourth-order valence-corrected chi connectivity index (χ4v) is 1.94. The Hall–Kier alpha value is -1.26. The lowest BCUT2D eigenvalue weighted by atomic mass is 10.0. The lowest BCUT2D eigenvalue weighted by Gasteiger charge is -2.19. The maximum Gasteiger partial charge on any atom is 0.253 e. The summed E-state index contributed by atoms with van der Waals surface area (Å²) >= 11 is 5.92. The van der Waals surface area contributed by atoms with Crippen molar-refractivity contribution in [1.29, 1.82) is 0 Å². The molecule has 1 unspecified atom stereocenters. The molecule has 0 saturated carbocycles. The summed E-state index contributed by atoms with van der Waals surface area (Å²) in [5, 5.41) is 12.5. The summed E-state index contributed by atoms with van der Waals surface area (Å²) in [5.41, 5.74) is 5.88. The quantitative estimate of drug-likeness (QED) is 0.767. The number of nitrogens with two attached hydrogens (primary N) is 1. The van der Waals surface area contributed by atoms with Gasteiger partial charge in [-0.1, -0.05) is 25.4 Å². The minimum Gasteiger partial charge on any atom is -0.508 e. The summed E-state index contributed by atoms with van der Waals surface area (Å²) in [6, 6.07) is 4.19. The number of hydrogen-bond acceptors (Lipinski definition) is 3. The molecule has 4 N–H and O–H groups in total. The van der Waals surface area contributed by atoms with Gasteiger partial charge in [0.25, 0.3) is 5.91 Å². The number of carbonyl (C=O) groups excluding carboxylic acids is 1. The van der Waals surface area contributed by atoms with Crippen LogP contribution in [0.15, 0.2) is 18.2 Å². The van der Waals surface area contributed by atoms with Crippen molar-refractivity contribution in [2.24, 2.45) is 11.7 Å². The molecular formula is C13H19ClN2O2. The van der Waals surface area contributed by atoms with Gasteiger partial charge < -0.3 is 16.2 Å².